The van der Waals surface area contributed by atoms with Crippen LogP contribution in [0.3, 0.4) is 0 Å². The topological polar surface area (TPSA) is 38.3 Å². The summed E-state index contributed by atoms with van der Waals surface area (Å²) in [6.45, 7) is 10.2. The van der Waals surface area contributed by atoms with Gasteiger partial charge in [0.2, 0.25) is 0 Å². The van der Waals surface area contributed by atoms with Crippen molar-refractivity contribution in [1.82, 2.24) is 5.32 Å². The highest BCUT2D eigenvalue weighted by atomic mass is 16.5. The van der Waals surface area contributed by atoms with Crippen LogP contribution in [-0.4, -0.2) is 25.0 Å². The van der Waals surface area contributed by atoms with E-state index in [0.717, 1.165) is 36.3 Å². The van der Waals surface area contributed by atoms with Crippen molar-refractivity contribution in [3.05, 3.63) is 29.3 Å². The molecule has 3 nitrogen and oxygen atoms in total. The third kappa shape index (κ3) is 4.07. The number of hydrogen-bond acceptors (Lipinski definition) is 3. The third-order valence-corrected chi connectivity index (χ3v) is 3.87. The van der Waals surface area contributed by atoms with Crippen molar-refractivity contribution in [2.75, 3.05) is 13.2 Å². The molecule has 116 valence electrons. The number of hydrogen-bond donors (Lipinski definition) is 1. The number of ketones is 1. The van der Waals surface area contributed by atoms with Crippen LogP contribution in [0.25, 0.3) is 0 Å². The normalized spacial score (nSPS) is 18.5. The molecule has 1 atom stereocenters. The molecule has 1 aliphatic heterocycles. The number of rotatable bonds is 6. The molecule has 1 heterocycles. The summed E-state index contributed by atoms with van der Waals surface area (Å²) in [6.07, 6.45) is 2.03. The van der Waals surface area contributed by atoms with Crippen molar-refractivity contribution >= 4 is 5.78 Å². The fraction of sp³-hybridized carbons (Fsp3) is 0.611. The Kier molecular flexibility index (Phi) is 5.40. The molecule has 2 rings (SSSR count). The summed E-state index contributed by atoms with van der Waals surface area (Å²) < 4.78 is 5.89. The molecular formula is C18H27NO2. The smallest absolute Gasteiger partial charge is 0.179 e. The summed E-state index contributed by atoms with van der Waals surface area (Å²) in [6, 6.07) is 5.87. The van der Waals surface area contributed by atoms with Crippen LogP contribution in [0.2, 0.25) is 0 Å². The number of nitrogens with one attached hydrogen (secondary N) is 1. The molecule has 0 saturated carbocycles. The zero-order valence-corrected chi connectivity index (χ0v) is 13.6. The molecule has 0 bridgehead atoms. The second-order valence-electron chi connectivity index (χ2n) is 6.63. The molecule has 1 unspecified atom stereocenters. The monoisotopic (exact) mass is 289 g/mol. The van der Waals surface area contributed by atoms with E-state index < -0.39 is 0 Å². The Balaban J connectivity index is 2.20. The molecule has 0 aromatic heterocycles. The number of Topliss-reactive ketones (excluding diaryl/α,β-unsaturated/α-hetero) is 1. The first-order valence-electron chi connectivity index (χ1n) is 8.03. The van der Waals surface area contributed by atoms with Crippen molar-refractivity contribution in [1.29, 1.82) is 0 Å². The van der Waals surface area contributed by atoms with Gasteiger partial charge >= 0.3 is 0 Å². The lowest BCUT2D eigenvalue weighted by Gasteiger charge is -2.17. The third-order valence-electron chi connectivity index (χ3n) is 3.87. The highest BCUT2D eigenvalue weighted by molar-refractivity contribution is 6.00. The lowest BCUT2D eigenvalue weighted by atomic mass is 9.95. The van der Waals surface area contributed by atoms with Gasteiger partial charge in [0, 0.05) is 5.56 Å². The van der Waals surface area contributed by atoms with E-state index in [9.17, 15) is 4.79 Å². The molecule has 0 aliphatic carbocycles. The van der Waals surface area contributed by atoms with E-state index >= 15 is 0 Å². The average molecular weight is 289 g/mol. The maximum Gasteiger partial charge on any atom is 0.179 e. The first-order chi connectivity index (χ1) is 9.99. The van der Waals surface area contributed by atoms with Gasteiger partial charge in [0.15, 0.2) is 5.78 Å². The fourth-order valence-corrected chi connectivity index (χ4v) is 2.65. The van der Waals surface area contributed by atoms with E-state index in [4.69, 9.17) is 4.74 Å². The van der Waals surface area contributed by atoms with Crippen molar-refractivity contribution in [2.45, 2.75) is 52.5 Å². The van der Waals surface area contributed by atoms with Crippen LogP contribution in [-0.2, 0) is 0 Å². The number of carbonyl (C=O) groups is 1. The van der Waals surface area contributed by atoms with E-state index in [2.05, 4.69) is 33.0 Å². The second-order valence-corrected chi connectivity index (χ2v) is 6.63. The first-order valence-corrected chi connectivity index (χ1v) is 8.03. The lowest BCUT2D eigenvalue weighted by molar-refractivity contribution is 0.0952. The maximum atomic E-state index is 12.5. The minimum atomic E-state index is -0.00700. The van der Waals surface area contributed by atoms with Crippen LogP contribution in [0.4, 0.5) is 0 Å². The maximum absolute atomic E-state index is 12.5. The Morgan fingerprint density at radius 3 is 2.67 bits per heavy atom. The standard InChI is InChI=1S/C18H27NO2/c1-12(2)11-21-17-8-7-14(10-15(17)13(3)4)18(20)16-6-5-9-19-16/h7-8,10,12-13,16,19H,5-6,9,11H2,1-4H3. The molecule has 3 heteroatoms. The summed E-state index contributed by atoms with van der Waals surface area (Å²) in [4.78, 5) is 12.5. The Bertz CT molecular complexity index is 488. The van der Waals surface area contributed by atoms with Crippen LogP contribution in [0.5, 0.6) is 5.75 Å². The summed E-state index contributed by atoms with van der Waals surface area (Å²) in [5.74, 6) is 1.96. The van der Waals surface area contributed by atoms with Gasteiger partial charge in [-0.3, -0.25) is 4.79 Å². The molecule has 1 saturated heterocycles. The number of benzene rings is 1. The van der Waals surface area contributed by atoms with E-state index in [1.165, 1.54) is 0 Å². The highest BCUT2D eigenvalue weighted by Gasteiger charge is 2.24. The van der Waals surface area contributed by atoms with Gasteiger partial charge in [0.05, 0.1) is 12.6 Å². The van der Waals surface area contributed by atoms with Crippen LogP contribution < -0.4 is 10.1 Å². The van der Waals surface area contributed by atoms with Gasteiger partial charge in [-0.2, -0.15) is 0 Å². The van der Waals surface area contributed by atoms with E-state index in [1.807, 2.05) is 18.2 Å². The van der Waals surface area contributed by atoms with Gasteiger partial charge in [-0.25, -0.2) is 0 Å². The molecular weight excluding hydrogens is 262 g/mol. The highest BCUT2D eigenvalue weighted by Crippen LogP contribution is 2.29. The van der Waals surface area contributed by atoms with Crippen LogP contribution in [0, 0.1) is 5.92 Å². The molecule has 1 aromatic rings. The van der Waals surface area contributed by atoms with Crippen LogP contribution in [0.15, 0.2) is 18.2 Å². The van der Waals surface area contributed by atoms with Gasteiger partial charge in [0.1, 0.15) is 5.75 Å². The number of carbonyl (C=O) groups excluding carboxylic acids is 1. The molecule has 1 aromatic carbocycles. The molecule has 0 radical (unpaired) electrons. The predicted molar refractivity (Wildman–Crippen MR) is 86.2 cm³/mol. The Labute approximate surface area is 128 Å². The van der Waals surface area contributed by atoms with E-state index in [-0.39, 0.29) is 11.8 Å². The quantitative estimate of drug-likeness (QED) is 0.810. The van der Waals surface area contributed by atoms with Gasteiger partial charge in [-0.05, 0) is 55.0 Å². The Morgan fingerprint density at radius 2 is 2.10 bits per heavy atom. The van der Waals surface area contributed by atoms with Gasteiger partial charge in [-0.15, -0.1) is 0 Å². The van der Waals surface area contributed by atoms with Gasteiger partial charge in [-0.1, -0.05) is 27.7 Å². The molecule has 21 heavy (non-hydrogen) atoms. The predicted octanol–water partition coefficient (Wildman–Crippen LogP) is 3.78. The van der Waals surface area contributed by atoms with Crippen LogP contribution >= 0.6 is 0 Å². The Morgan fingerprint density at radius 1 is 1.33 bits per heavy atom. The van der Waals surface area contributed by atoms with E-state index in [1.54, 1.807) is 0 Å². The first kappa shape index (κ1) is 16.0. The molecule has 1 aliphatic rings. The van der Waals surface area contributed by atoms with Crippen molar-refractivity contribution in [3.63, 3.8) is 0 Å². The van der Waals surface area contributed by atoms with Crippen molar-refractivity contribution in [2.24, 2.45) is 5.92 Å². The summed E-state index contributed by atoms with van der Waals surface area (Å²) in [7, 11) is 0. The summed E-state index contributed by atoms with van der Waals surface area (Å²) in [5, 5.41) is 3.28. The largest absolute Gasteiger partial charge is 0.493 e. The SMILES string of the molecule is CC(C)COc1ccc(C(=O)C2CCCN2)cc1C(C)C. The second kappa shape index (κ2) is 7.08. The summed E-state index contributed by atoms with van der Waals surface area (Å²) in [5.41, 5.74) is 1.93. The minimum absolute atomic E-state index is 0.00700. The minimum Gasteiger partial charge on any atom is -0.493 e. The average Bonchev–Trinajstić information content (AvgIpc) is 2.98. The van der Waals surface area contributed by atoms with Crippen LogP contribution in [0.1, 0.15) is 62.4 Å². The van der Waals surface area contributed by atoms with Gasteiger partial charge in [0.25, 0.3) is 0 Å². The Hall–Kier alpha value is -1.35. The molecule has 1 fully saturated rings. The zero-order chi connectivity index (χ0) is 15.4. The molecule has 1 N–H and O–H groups in total. The zero-order valence-electron chi connectivity index (χ0n) is 13.6. The van der Waals surface area contributed by atoms with Crippen molar-refractivity contribution < 1.29 is 9.53 Å². The van der Waals surface area contributed by atoms with E-state index in [0.29, 0.717) is 18.4 Å². The molecule has 0 amide bonds. The lowest BCUT2D eigenvalue weighted by Crippen LogP contribution is -2.30. The fourth-order valence-electron chi connectivity index (χ4n) is 2.65. The summed E-state index contributed by atoms with van der Waals surface area (Å²) >= 11 is 0. The number of ether oxygens (including phenoxy) is 1. The molecule has 0 spiro atoms. The van der Waals surface area contributed by atoms with Gasteiger partial charge < -0.3 is 10.1 Å². The van der Waals surface area contributed by atoms with Crippen molar-refractivity contribution in [3.8, 4) is 5.75 Å².